The van der Waals surface area contributed by atoms with E-state index in [-0.39, 0.29) is 5.91 Å². The zero-order chi connectivity index (χ0) is 12.1. The number of halogens is 1. The van der Waals surface area contributed by atoms with Gasteiger partial charge in [0.1, 0.15) is 0 Å². The fourth-order valence-electron chi connectivity index (χ4n) is 1.17. The van der Waals surface area contributed by atoms with Gasteiger partial charge in [-0.2, -0.15) is 0 Å². The molecule has 1 amide bonds. The van der Waals surface area contributed by atoms with Gasteiger partial charge in [-0.1, -0.05) is 11.6 Å². The molecule has 0 saturated heterocycles. The molecule has 1 aromatic carbocycles. The second kappa shape index (κ2) is 5.72. The van der Waals surface area contributed by atoms with Crippen molar-refractivity contribution in [2.75, 3.05) is 12.3 Å². The predicted octanol–water partition coefficient (Wildman–Crippen LogP) is 1.42. The SMILES string of the molecule is CC(O)CCNC(=O)c1ccc(N)c(Cl)c1. The van der Waals surface area contributed by atoms with Gasteiger partial charge >= 0.3 is 0 Å². The number of nitrogens with one attached hydrogen (secondary N) is 1. The number of hydrogen-bond acceptors (Lipinski definition) is 3. The van der Waals surface area contributed by atoms with Crippen LogP contribution in [0, 0.1) is 0 Å². The molecule has 0 aliphatic heterocycles. The lowest BCUT2D eigenvalue weighted by atomic mass is 10.2. The van der Waals surface area contributed by atoms with Gasteiger partial charge in [0.05, 0.1) is 16.8 Å². The Hall–Kier alpha value is -1.26. The van der Waals surface area contributed by atoms with E-state index in [0.29, 0.717) is 29.2 Å². The molecule has 16 heavy (non-hydrogen) atoms. The zero-order valence-corrected chi connectivity index (χ0v) is 9.79. The first-order valence-electron chi connectivity index (χ1n) is 5.02. The van der Waals surface area contributed by atoms with Crippen molar-refractivity contribution in [2.24, 2.45) is 0 Å². The summed E-state index contributed by atoms with van der Waals surface area (Å²) in [6.45, 7) is 2.10. The highest BCUT2D eigenvalue weighted by Gasteiger charge is 2.07. The largest absolute Gasteiger partial charge is 0.398 e. The van der Waals surface area contributed by atoms with Crippen LogP contribution in [0.25, 0.3) is 0 Å². The minimum absolute atomic E-state index is 0.220. The molecule has 0 aliphatic carbocycles. The Balaban J connectivity index is 2.56. The molecule has 0 bridgehead atoms. The van der Waals surface area contributed by atoms with E-state index in [4.69, 9.17) is 22.4 Å². The number of carbonyl (C=O) groups excluding carboxylic acids is 1. The van der Waals surface area contributed by atoms with Crippen LogP contribution in [0.15, 0.2) is 18.2 Å². The normalized spacial score (nSPS) is 12.2. The van der Waals surface area contributed by atoms with E-state index in [0.717, 1.165) is 0 Å². The molecule has 1 aromatic rings. The smallest absolute Gasteiger partial charge is 0.251 e. The monoisotopic (exact) mass is 242 g/mol. The van der Waals surface area contributed by atoms with Gasteiger partial charge in [-0.25, -0.2) is 0 Å². The van der Waals surface area contributed by atoms with Crippen molar-refractivity contribution >= 4 is 23.2 Å². The molecule has 5 heteroatoms. The molecule has 88 valence electrons. The zero-order valence-electron chi connectivity index (χ0n) is 9.03. The molecule has 0 aromatic heterocycles. The van der Waals surface area contributed by atoms with Gasteiger partial charge in [0.2, 0.25) is 0 Å². The van der Waals surface area contributed by atoms with Crippen molar-refractivity contribution in [1.82, 2.24) is 5.32 Å². The van der Waals surface area contributed by atoms with Gasteiger partial charge in [-0.3, -0.25) is 4.79 Å². The average Bonchev–Trinajstić information content (AvgIpc) is 2.21. The third kappa shape index (κ3) is 3.72. The van der Waals surface area contributed by atoms with E-state index in [2.05, 4.69) is 5.32 Å². The number of aliphatic hydroxyl groups excluding tert-OH is 1. The minimum Gasteiger partial charge on any atom is -0.398 e. The molecular weight excluding hydrogens is 228 g/mol. The van der Waals surface area contributed by atoms with Crippen LogP contribution < -0.4 is 11.1 Å². The Morgan fingerprint density at radius 1 is 1.62 bits per heavy atom. The van der Waals surface area contributed by atoms with E-state index >= 15 is 0 Å². The highest BCUT2D eigenvalue weighted by atomic mass is 35.5. The fourth-order valence-corrected chi connectivity index (χ4v) is 1.35. The Bertz CT molecular complexity index is 380. The predicted molar refractivity (Wildman–Crippen MR) is 64.5 cm³/mol. The lowest BCUT2D eigenvalue weighted by molar-refractivity contribution is 0.0945. The molecular formula is C11H15ClN2O2. The Labute approximate surface area is 99.4 Å². The van der Waals surface area contributed by atoms with Crippen LogP contribution in [-0.2, 0) is 0 Å². The minimum atomic E-state index is -0.421. The van der Waals surface area contributed by atoms with Gasteiger partial charge in [0.15, 0.2) is 0 Å². The third-order valence-corrected chi connectivity index (χ3v) is 2.44. The highest BCUT2D eigenvalue weighted by Crippen LogP contribution is 2.19. The van der Waals surface area contributed by atoms with E-state index in [1.54, 1.807) is 19.1 Å². The molecule has 4 nitrogen and oxygen atoms in total. The summed E-state index contributed by atoms with van der Waals surface area (Å²) in [5.41, 5.74) is 6.44. The summed E-state index contributed by atoms with van der Waals surface area (Å²) in [4.78, 5) is 11.6. The third-order valence-electron chi connectivity index (χ3n) is 2.11. The number of benzene rings is 1. The van der Waals surface area contributed by atoms with E-state index in [1.807, 2.05) is 0 Å². The molecule has 0 spiro atoms. The quantitative estimate of drug-likeness (QED) is 0.699. The number of anilines is 1. The summed E-state index contributed by atoms with van der Waals surface area (Å²) in [7, 11) is 0. The molecule has 0 heterocycles. The number of nitrogen functional groups attached to an aromatic ring is 1. The number of hydrogen-bond donors (Lipinski definition) is 3. The molecule has 0 radical (unpaired) electrons. The Morgan fingerprint density at radius 2 is 2.31 bits per heavy atom. The number of rotatable bonds is 4. The van der Waals surface area contributed by atoms with Crippen molar-refractivity contribution in [2.45, 2.75) is 19.4 Å². The second-order valence-electron chi connectivity index (χ2n) is 3.63. The van der Waals surface area contributed by atoms with Crippen LogP contribution in [-0.4, -0.2) is 23.7 Å². The van der Waals surface area contributed by atoms with Gasteiger partial charge in [-0.05, 0) is 31.5 Å². The number of aliphatic hydroxyl groups is 1. The van der Waals surface area contributed by atoms with E-state index in [1.165, 1.54) is 6.07 Å². The number of carbonyl (C=O) groups is 1. The lowest BCUT2D eigenvalue weighted by Gasteiger charge is -2.07. The maximum Gasteiger partial charge on any atom is 0.251 e. The van der Waals surface area contributed by atoms with Crippen molar-refractivity contribution in [1.29, 1.82) is 0 Å². The van der Waals surface area contributed by atoms with Crippen molar-refractivity contribution < 1.29 is 9.90 Å². The Morgan fingerprint density at radius 3 is 2.88 bits per heavy atom. The van der Waals surface area contributed by atoms with Crippen molar-refractivity contribution in [3.63, 3.8) is 0 Å². The van der Waals surface area contributed by atoms with Crippen LogP contribution in [0.1, 0.15) is 23.7 Å². The van der Waals surface area contributed by atoms with E-state index in [9.17, 15) is 4.79 Å². The summed E-state index contributed by atoms with van der Waals surface area (Å²) in [5, 5.41) is 12.1. The fraction of sp³-hybridized carbons (Fsp3) is 0.364. The van der Waals surface area contributed by atoms with Crippen molar-refractivity contribution in [3.05, 3.63) is 28.8 Å². The maximum absolute atomic E-state index is 11.6. The molecule has 0 fully saturated rings. The summed E-state index contributed by atoms with van der Waals surface area (Å²) in [5.74, 6) is -0.220. The second-order valence-corrected chi connectivity index (χ2v) is 4.04. The first-order chi connectivity index (χ1) is 7.50. The van der Waals surface area contributed by atoms with Gasteiger partial charge in [-0.15, -0.1) is 0 Å². The van der Waals surface area contributed by atoms with Crippen LogP contribution in [0.2, 0.25) is 5.02 Å². The molecule has 4 N–H and O–H groups in total. The standard InChI is InChI=1S/C11H15ClN2O2/c1-7(15)4-5-14-11(16)8-2-3-10(13)9(12)6-8/h2-3,6-7,15H,4-5,13H2,1H3,(H,14,16). The lowest BCUT2D eigenvalue weighted by Crippen LogP contribution is -2.26. The highest BCUT2D eigenvalue weighted by molar-refractivity contribution is 6.33. The van der Waals surface area contributed by atoms with Crippen LogP contribution in [0.4, 0.5) is 5.69 Å². The topological polar surface area (TPSA) is 75.3 Å². The van der Waals surface area contributed by atoms with E-state index < -0.39 is 6.10 Å². The summed E-state index contributed by atoms with van der Waals surface area (Å²) in [6, 6.07) is 4.72. The number of nitrogens with two attached hydrogens (primary N) is 1. The van der Waals surface area contributed by atoms with Crippen LogP contribution in [0.3, 0.4) is 0 Å². The molecule has 0 saturated carbocycles. The Kier molecular flexibility index (Phi) is 4.58. The summed E-state index contributed by atoms with van der Waals surface area (Å²) in [6.07, 6.45) is 0.101. The van der Waals surface area contributed by atoms with Gasteiger partial charge < -0.3 is 16.2 Å². The number of amides is 1. The molecule has 1 unspecified atom stereocenters. The summed E-state index contributed by atoms with van der Waals surface area (Å²) >= 11 is 5.80. The van der Waals surface area contributed by atoms with Crippen molar-refractivity contribution in [3.8, 4) is 0 Å². The average molecular weight is 243 g/mol. The summed E-state index contributed by atoms with van der Waals surface area (Å²) < 4.78 is 0. The van der Waals surface area contributed by atoms with Gasteiger partial charge in [0.25, 0.3) is 5.91 Å². The molecule has 1 rings (SSSR count). The molecule has 0 aliphatic rings. The van der Waals surface area contributed by atoms with Crippen LogP contribution >= 0.6 is 11.6 Å². The molecule has 1 atom stereocenters. The van der Waals surface area contributed by atoms with Gasteiger partial charge in [0, 0.05) is 12.1 Å². The first kappa shape index (κ1) is 12.8. The maximum atomic E-state index is 11.6. The van der Waals surface area contributed by atoms with Crippen LogP contribution in [0.5, 0.6) is 0 Å². The first-order valence-corrected chi connectivity index (χ1v) is 5.40.